The van der Waals surface area contributed by atoms with E-state index in [0.717, 1.165) is 26.1 Å². The van der Waals surface area contributed by atoms with E-state index < -0.39 is 0 Å². The maximum absolute atomic E-state index is 3.67. The molecule has 25 heavy (non-hydrogen) atoms. The van der Waals surface area contributed by atoms with E-state index in [4.69, 9.17) is 0 Å². The zero-order valence-electron chi connectivity index (χ0n) is 14.5. The van der Waals surface area contributed by atoms with Crippen molar-refractivity contribution in [3.8, 4) is 0 Å². The van der Waals surface area contributed by atoms with Crippen LogP contribution in [0.1, 0.15) is 24.0 Å². The fraction of sp³-hybridized carbons (Fsp3) is 0.304. The Balaban J connectivity index is 1.39. The topological polar surface area (TPSA) is 15.0 Å². The first-order chi connectivity index (χ1) is 12.3. The van der Waals surface area contributed by atoms with Crippen molar-refractivity contribution in [1.29, 1.82) is 0 Å². The molecule has 1 fully saturated rings. The molecule has 2 heterocycles. The van der Waals surface area contributed by atoms with Crippen LogP contribution in [0.25, 0.3) is 0 Å². The van der Waals surface area contributed by atoms with Gasteiger partial charge in [0.25, 0.3) is 0 Å². The van der Waals surface area contributed by atoms with Gasteiger partial charge in [0.15, 0.2) is 0 Å². The Morgan fingerprint density at radius 2 is 1.64 bits per heavy atom. The molecule has 0 saturated carbocycles. The minimum Gasteiger partial charge on any atom is -0.337 e. The summed E-state index contributed by atoms with van der Waals surface area (Å²) in [5.41, 5.74) is 7.83. The smallest absolute Gasteiger partial charge is 0.0610 e. The molecule has 1 aliphatic carbocycles. The van der Waals surface area contributed by atoms with Gasteiger partial charge in [-0.05, 0) is 36.6 Å². The fourth-order valence-electron chi connectivity index (χ4n) is 4.59. The summed E-state index contributed by atoms with van der Waals surface area (Å²) in [6, 6.07) is 21.8. The number of fused-ring (bicyclic) bond motifs is 1. The van der Waals surface area contributed by atoms with Crippen LogP contribution in [0.5, 0.6) is 0 Å². The summed E-state index contributed by atoms with van der Waals surface area (Å²) >= 11 is 0. The van der Waals surface area contributed by atoms with E-state index in [-0.39, 0.29) is 5.41 Å². The average Bonchev–Trinajstić information content (AvgIpc) is 3.31. The second-order valence-corrected chi connectivity index (χ2v) is 7.62. The first-order valence-corrected chi connectivity index (χ1v) is 9.34. The lowest BCUT2D eigenvalue weighted by atomic mass is 9.68. The van der Waals surface area contributed by atoms with E-state index in [9.17, 15) is 0 Å². The van der Waals surface area contributed by atoms with Gasteiger partial charge in [0, 0.05) is 30.6 Å². The normalized spacial score (nSPS) is 24.5. The second kappa shape index (κ2) is 5.89. The molecular weight excluding hydrogens is 304 g/mol. The van der Waals surface area contributed by atoms with Crippen LogP contribution in [0, 0.1) is 5.41 Å². The summed E-state index contributed by atoms with van der Waals surface area (Å²) in [5, 5.41) is 3.67. The average molecular weight is 328 g/mol. The largest absolute Gasteiger partial charge is 0.337 e. The molecule has 126 valence electrons. The van der Waals surface area contributed by atoms with E-state index in [1.54, 1.807) is 11.3 Å². The summed E-state index contributed by atoms with van der Waals surface area (Å²) in [5.74, 6) is 0. The van der Waals surface area contributed by atoms with Gasteiger partial charge in [0.2, 0.25) is 0 Å². The maximum atomic E-state index is 3.67. The molecule has 2 aromatic carbocycles. The van der Waals surface area contributed by atoms with Gasteiger partial charge in [-0.2, -0.15) is 0 Å². The predicted molar refractivity (Wildman–Crippen MR) is 102 cm³/mol. The van der Waals surface area contributed by atoms with Crippen molar-refractivity contribution in [3.05, 3.63) is 94.8 Å². The van der Waals surface area contributed by atoms with Gasteiger partial charge >= 0.3 is 0 Å². The predicted octanol–water partition coefficient (Wildman–Crippen LogP) is 4.27. The number of hydrogen-bond acceptors (Lipinski definition) is 2. The summed E-state index contributed by atoms with van der Waals surface area (Å²) in [7, 11) is 0. The van der Waals surface area contributed by atoms with E-state index >= 15 is 0 Å². The zero-order chi connectivity index (χ0) is 16.7. The lowest BCUT2D eigenvalue weighted by Gasteiger charge is -2.40. The van der Waals surface area contributed by atoms with E-state index in [2.05, 4.69) is 77.0 Å². The molecule has 2 aromatic rings. The van der Waals surface area contributed by atoms with Crippen molar-refractivity contribution in [2.45, 2.75) is 25.8 Å². The molecule has 0 amide bonds. The molecule has 1 N–H and O–H groups in total. The fourth-order valence-corrected chi connectivity index (χ4v) is 4.59. The number of nitrogens with zero attached hydrogens (tertiary/aromatic N) is 1. The van der Waals surface area contributed by atoms with Gasteiger partial charge in [-0.25, -0.2) is 0 Å². The van der Waals surface area contributed by atoms with Gasteiger partial charge in [-0.15, -0.1) is 0 Å². The minimum atomic E-state index is 0.268. The number of piperidine rings is 1. The van der Waals surface area contributed by atoms with Crippen LogP contribution in [0.3, 0.4) is 0 Å². The minimum absolute atomic E-state index is 0.268. The van der Waals surface area contributed by atoms with Gasteiger partial charge in [-0.3, -0.25) is 0 Å². The van der Waals surface area contributed by atoms with Crippen LogP contribution in [0.2, 0.25) is 0 Å². The van der Waals surface area contributed by atoms with Gasteiger partial charge < -0.3 is 10.2 Å². The molecule has 0 bridgehead atoms. The van der Waals surface area contributed by atoms with E-state index in [1.807, 2.05) is 0 Å². The monoisotopic (exact) mass is 328 g/mol. The Labute approximate surface area is 149 Å². The molecule has 1 unspecified atom stereocenters. The summed E-state index contributed by atoms with van der Waals surface area (Å²) in [4.78, 5) is 2.52. The highest BCUT2D eigenvalue weighted by Gasteiger charge is 2.47. The third kappa shape index (κ3) is 2.71. The van der Waals surface area contributed by atoms with Crippen molar-refractivity contribution in [1.82, 2.24) is 10.2 Å². The lowest BCUT2D eigenvalue weighted by molar-refractivity contribution is 0.281. The van der Waals surface area contributed by atoms with E-state index in [1.165, 1.54) is 29.7 Å². The van der Waals surface area contributed by atoms with Crippen molar-refractivity contribution in [3.63, 3.8) is 0 Å². The number of nitrogens with one attached hydrogen (secondary N) is 1. The Hall–Kier alpha value is -2.32. The summed E-state index contributed by atoms with van der Waals surface area (Å²) < 4.78 is 0. The summed E-state index contributed by atoms with van der Waals surface area (Å²) in [6.07, 6.45) is 6.01. The van der Waals surface area contributed by atoms with Crippen molar-refractivity contribution in [2.24, 2.45) is 5.41 Å². The maximum Gasteiger partial charge on any atom is 0.0610 e. The molecule has 1 atom stereocenters. The zero-order valence-corrected chi connectivity index (χ0v) is 14.5. The molecule has 0 aromatic heterocycles. The number of hydrogen-bond donors (Lipinski definition) is 1. The highest BCUT2D eigenvalue weighted by Crippen LogP contribution is 2.53. The molecule has 2 heteroatoms. The quantitative estimate of drug-likeness (QED) is 0.902. The van der Waals surface area contributed by atoms with Crippen molar-refractivity contribution >= 4 is 0 Å². The SMILES string of the molecule is C1=C2CCNCC2(Cc2ccccc2)CC2=C1N2Cc1ccccc1. The molecular formula is C23H24N2. The van der Waals surface area contributed by atoms with Crippen LogP contribution in [-0.2, 0) is 13.0 Å². The highest BCUT2D eigenvalue weighted by atomic mass is 15.3. The number of rotatable bonds is 4. The first kappa shape index (κ1) is 15.0. The molecule has 2 nitrogen and oxygen atoms in total. The van der Waals surface area contributed by atoms with Crippen molar-refractivity contribution in [2.75, 3.05) is 13.1 Å². The molecule has 0 radical (unpaired) electrons. The molecule has 2 aliphatic heterocycles. The van der Waals surface area contributed by atoms with Crippen LogP contribution >= 0.6 is 0 Å². The second-order valence-electron chi connectivity index (χ2n) is 7.62. The highest BCUT2D eigenvalue weighted by molar-refractivity contribution is 5.50. The van der Waals surface area contributed by atoms with Gasteiger partial charge in [-0.1, -0.05) is 66.2 Å². The van der Waals surface area contributed by atoms with Crippen LogP contribution in [0.15, 0.2) is 83.7 Å². The number of benzene rings is 2. The third-order valence-electron chi connectivity index (χ3n) is 5.96. The molecule has 0 spiro atoms. The lowest BCUT2D eigenvalue weighted by Crippen LogP contribution is -2.44. The first-order valence-electron chi connectivity index (χ1n) is 9.34. The third-order valence-corrected chi connectivity index (χ3v) is 5.96. The molecule has 1 saturated heterocycles. The standard InChI is InChI=1S/C23H24N2/c1-3-7-18(8-4-1)14-23-15-22-21(13-20(23)11-12-24-17-23)25(22)16-19-9-5-2-6-10-19/h1-10,13,24H,11-12,14-17H2. The Bertz CT molecular complexity index is 835. The van der Waals surface area contributed by atoms with Crippen LogP contribution < -0.4 is 5.32 Å². The number of allylic oxidation sites excluding steroid dienone is 2. The molecule has 5 rings (SSSR count). The Morgan fingerprint density at radius 3 is 2.40 bits per heavy atom. The van der Waals surface area contributed by atoms with Crippen LogP contribution in [-0.4, -0.2) is 18.0 Å². The van der Waals surface area contributed by atoms with Crippen molar-refractivity contribution < 1.29 is 0 Å². The Morgan fingerprint density at radius 1 is 0.920 bits per heavy atom. The van der Waals surface area contributed by atoms with Crippen LogP contribution in [0.4, 0.5) is 0 Å². The summed E-state index contributed by atoms with van der Waals surface area (Å²) in [6.45, 7) is 3.23. The van der Waals surface area contributed by atoms with Gasteiger partial charge in [0.1, 0.15) is 0 Å². The van der Waals surface area contributed by atoms with Gasteiger partial charge in [0.05, 0.1) is 5.70 Å². The Kier molecular flexibility index (Phi) is 3.53. The van der Waals surface area contributed by atoms with E-state index in [0.29, 0.717) is 0 Å². The molecule has 3 aliphatic rings.